The van der Waals surface area contributed by atoms with Gasteiger partial charge >= 0.3 is 6.18 Å². The molecule has 0 fully saturated rings. The van der Waals surface area contributed by atoms with Crippen molar-refractivity contribution in [1.29, 1.82) is 0 Å². The number of halogens is 4. The number of hydrogen-bond acceptors (Lipinski definition) is 2. The van der Waals surface area contributed by atoms with E-state index >= 15 is 0 Å². The van der Waals surface area contributed by atoms with Crippen LogP contribution in [0.15, 0.2) is 39.2 Å². The Kier molecular flexibility index (Phi) is 3.49. The molecule has 2 aromatic rings. The third kappa shape index (κ3) is 2.59. The Morgan fingerprint density at radius 1 is 1.17 bits per heavy atom. The summed E-state index contributed by atoms with van der Waals surface area (Å²) in [7, 11) is 0. The number of alkyl halides is 3. The van der Waals surface area contributed by atoms with Crippen LogP contribution in [0.5, 0.6) is 0 Å². The lowest BCUT2D eigenvalue weighted by molar-refractivity contribution is -0.137. The van der Waals surface area contributed by atoms with Crippen LogP contribution in [0.25, 0.3) is 11.3 Å². The summed E-state index contributed by atoms with van der Waals surface area (Å²) in [5, 5.41) is 8.85. The molecule has 1 heterocycles. The third-order valence-corrected chi connectivity index (χ3v) is 2.86. The monoisotopic (exact) mass is 320 g/mol. The molecule has 6 heteroatoms. The molecule has 0 spiro atoms. The van der Waals surface area contributed by atoms with Crippen LogP contribution in [0.3, 0.4) is 0 Å². The molecule has 1 N–H and O–H groups in total. The molecule has 0 saturated carbocycles. The van der Waals surface area contributed by atoms with Gasteiger partial charge in [-0.3, -0.25) is 0 Å². The Hall–Kier alpha value is -1.27. The van der Waals surface area contributed by atoms with Gasteiger partial charge in [-0.15, -0.1) is 0 Å². The van der Waals surface area contributed by atoms with Gasteiger partial charge in [0.15, 0.2) is 0 Å². The highest BCUT2D eigenvalue weighted by Gasteiger charge is 2.34. The second-order valence-electron chi connectivity index (χ2n) is 3.61. The maximum absolute atomic E-state index is 12.9. The highest BCUT2D eigenvalue weighted by Crippen LogP contribution is 2.39. The van der Waals surface area contributed by atoms with Gasteiger partial charge in [-0.2, -0.15) is 13.2 Å². The molecule has 0 atom stereocenters. The number of aliphatic hydroxyl groups is 1. The van der Waals surface area contributed by atoms with Crippen molar-refractivity contribution in [3.8, 4) is 11.3 Å². The molecule has 0 aliphatic rings. The Morgan fingerprint density at radius 2 is 1.89 bits per heavy atom. The standard InChI is InChI=1S/C12H8BrF3O2/c13-7-1-3-9(10(5-7)12(14,15)16)11-4-2-8(6-17)18-11/h1-5,17H,6H2. The normalized spacial score (nSPS) is 11.8. The van der Waals surface area contributed by atoms with Gasteiger partial charge in [0.05, 0.1) is 5.56 Å². The molecule has 0 aliphatic heterocycles. The smallest absolute Gasteiger partial charge is 0.417 e. The van der Waals surface area contributed by atoms with Crippen LogP contribution in [0.2, 0.25) is 0 Å². The quantitative estimate of drug-likeness (QED) is 0.898. The van der Waals surface area contributed by atoms with Gasteiger partial charge in [-0.25, -0.2) is 0 Å². The van der Waals surface area contributed by atoms with E-state index in [1.54, 1.807) is 0 Å². The van der Waals surface area contributed by atoms with Crippen LogP contribution >= 0.6 is 15.9 Å². The molecule has 1 aromatic heterocycles. The van der Waals surface area contributed by atoms with Crippen molar-refractivity contribution in [2.24, 2.45) is 0 Å². The zero-order valence-electron chi connectivity index (χ0n) is 8.96. The molecule has 0 aliphatic carbocycles. The second-order valence-corrected chi connectivity index (χ2v) is 4.53. The summed E-state index contributed by atoms with van der Waals surface area (Å²) >= 11 is 3.01. The Labute approximate surface area is 109 Å². The predicted octanol–water partition coefficient (Wildman–Crippen LogP) is 4.22. The molecule has 0 bridgehead atoms. The summed E-state index contributed by atoms with van der Waals surface area (Å²) in [4.78, 5) is 0. The van der Waals surface area contributed by atoms with E-state index in [1.165, 1.54) is 24.3 Å². The molecule has 18 heavy (non-hydrogen) atoms. The van der Waals surface area contributed by atoms with Crippen molar-refractivity contribution in [3.63, 3.8) is 0 Å². The van der Waals surface area contributed by atoms with Gasteiger partial charge in [0, 0.05) is 10.0 Å². The maximum Gasteiger partial charge on any atom is 0.417 e. The Bertz CT molecular complexity index is 561. The number of hydrogen-bond donors (Lipinski definition) is 1. The van der Waals surface area contributed by atoms with Crippen molar-refractivity contribution in [3.05, 3.63) is 46.1 Å². The van der Waals surface area contributed by atoms with Gasteiger partial charge in [-0.1, -0.05) is 15.9 Å². The van der Waals surface area contributed by atoms with Crippen LogP contribution in [-0.4, -0.2) is 5.11 Å². The molecule has 2 rings (SSSR count). The number of furan rings is 1. The minimum absolute atomic E-state index is 0.0506. The summed E-state index contributed by atoms with van der Waals surface area (Å²) in [6, 6.07) is 6.68. The van der Waals surface area contributed by atoms with Gasteiger partial charge in [0.25, 0.3) is 0 Å². The van der Waals surface area contributed by atoms with E-state index in [1.807, 2.05) is 0 Å². The number of benzene rings is 1. The Morgan fingerprint density at radius 3 is 2.44 bits per heavy atom. The second kappa shape index (κ2) is 4.78. The van der Waals surface area contributed by atoms with Crippen LogP contribution in [0.1, 0.15) is 11.3 Å². The average molecular weight is 321 g/mol. The minimum atomic E-state index is -4.47. The molecule has 0 amide bonds. The van der Waals surface area contributed by atoms with Gasteiger partial charge in [-0.05, 0) is 30.3 Å². The van der Waals surface area contributed by atoms with E-state index in [9.17, 15) is 13.2 Å². The largest absolute Gasteiger partial charge is 0.459 e. The van der Waals surface area contributed by atoms with E-state index in [0.29, 0.717) is 4.47 Å². The fourth-order valence-electron chi connectivity index (χ4n) is 1.57. The first-order chi connectivity index (χ1) is 8.41. The first kappa shape index (κ1) is 13.2. The fraction of sp³-hybridized carbons (Fsp3) is 0.167. The molecule has 0 saturated heterocycles. The lowest BCUT2D eigenvalue weighted by atomic mass is 10.1. The first-order valence-electron chi connectivity index (χ1n) is 4.98. The van der Waals surface area contributed by atoms with E-state index in [4.69, 9.17) is 9.52 Å². The van der Waals surface area contributed by atoms with E-state index < -0.39 is 11.7 Å². The third-order valence-electron chi connectivity index (χ3n) is 2.37. The molecule has 96 valence electrons. The summed E-state index contributed by atoms with van der Waals surface area (Å²) in [5.41, 5.74) is -0.832. The average Bonchev–Trinajstić information content (AvgIpc) is 2.76. The first-order valence-corrected chi connectivity index (χ1v) is 5.78. The van der Waals surface area contributed by atoms with Gasteiger partial charge in [0.2, 0.25) is 0 Å². The van der Waals surface area contributed by atoms with Crippen molar-refractivity contribution in [1.82, 2.24) is 0 Å². The van der Waals surface area contributed by atoms with E-state index in [0.717, 1.165) is 6.07 Å². The topological polar surface area (TPSA) is 33.4 Å². The lowest BCUT2D eigenvalue weighted by Gasteiger charge is -2.11. The lowest BCUT2D eigenvalue weighted by Crippen LogP contribution is -2.06. The van der Waals surface area contributed by atoms with Gasteiger partial charge in [0.1, 0.15) is 18.1 Å². The van der Waals surface area contributed by atoms with Crippen LogP contribution in [0.4, 0.5) is 13.2 Å². The number of aliphatic hydroxyl groups excluding tert-OH is 1. The van der Waals surface area contributed by atoms with Crippen LogP contribution < -0.4 is 0 Å². The van der Waals surface area contributed by atoms with E-state index in [2.05, 4.69) is 15.9 Å². The van der Waals surface area contributed by atoms with Gasteiger partial charge < -0.3 is 9.52 Å². The molecule has 0 radical (unpaired) electrons. The van der Waals surface area contributed by atoms with Crippen molar-refractivity contribution >= 4 is 15.9 Å². The highest BCUT2D eigenvalue weighted by atomic mass is 79.9. The number of rotatable bonds is 2. The fourth-order valence-corrected chi connectivity index (χ4v) is 1.93. The molecule has 1 aromatic carbocycles. The minimum Gasteiger partial charge on any atom is -0.459 e. The van der Waals surface area contributed by atoms with Crippen molar-refractivity contribution < 1.29 is 22.7 Å². The maximum atomic E-state index is 12.9. The van der Waals surface area contributed by atoms with Crippen molar-refractivity contribution in [2.75, 3.05) is 0 Å². The predicted molar refractivity (Wildman–Crippen MR) is 62.8 cm³/mol. The molecule has 0 unspecified atom stereocenters. The van der Waals surface area contributed by atoms with Crippen molar-refractivity contribution in [2.45, 2.75) is 12.8 Å². The zero-order chi connectivity index (χ0) is 13.3. The summed E-state index contributed by atoms with van der Waals surface area (Å²) < 4.78 is 44.1. The van der Waals surface area contributed by atoms with E-state index in [-0.39, 0.29) is 23.7 Å². The van der Waals surface area contributed by atoms with Crippen LogP contribution in [-0.2, 0) is 12.8 Å². The summed E-state index contributed by atoms with van der Waals surface area (Å²) in [6.45, 7) is -0.349. The Balaban J connectivity index is 2.56. The highest BCUT2D eigenvalue weighted by molar-refractivity contribution is 9.10. The molecule has 2 nitrogen and oxygen atoms in total. The summed E-state index contributed by atoms with van der Waals surface area (Å²) in [5.74, 6) is 0.305. The molecular weight excluding hydrogens is 313 g/mol. The zero-order valence-corrected chi connectivity index (χ0v) is 10.5. The SMILES string of the molecule is OCc1ccc(-c2ccc(Br)cc2C(F)(F)F)o1. The summed E-state index contributed by atoms with van der Waals surface area (Å²) in [6.07, 6.45) is -4.47. The van der Waals surface area contributed by atoms with Crippen LogP contribution in [0, 0.1) is 0 Å². The molecular formula is C12H8BrF3O2.